The number of carbonyl (C=O) groups is 1. The molecule has 1 heterocycles. The summed E-state index contributed by atoms with van der Waals surface area (Å²) in [6.45, 7) is 0.689. The number of hydrogen-bond acceptors (Lipinski definition) is 5. The molecule has 1 aliphatic heterocycles. The highest BCUT2D eigenvalue weighted by Gasteiger charge is 2.34. The van der Waals surface area contributed by atoms with E-state index in [1.54, 1.807) is 7.11 Å². The molecule has 0 N–H and O–H groups in total. The predicted octanol–water partition coefficient (Wildman–Crippen LogP) is 3.83. The highest BCUT2D eigenvalue weighted by atomic mass is 16.8. The average Bonchev–Trinajstić information content (AvgIpc) is 3.01. The van der Waals surface area contributed by atoms with Gasteiger partial charge in [0.05, 0.1) is 20.3 Å². The van der Waals surface area contributed by atoms with E-state index in [1.807, 2.05) is 66.7 Å². The fraction of sp³-hybridized carbons (Fsp3) is 0.250. The first-order chi connectivity index (χ1) is 12.2. The van der Waals surface area contributed by atoms with Crippen molar-refractivity contribution in [3.63, 3.8) is 0 Å². The summed E-state index contributed by atoms with van der Waals surface area (Å²) in [7, 11) is 1.63. The third-order valence-corrected chi connectivity index (χ3v) is 3.83. The van der Waals surface area contributed by atoms with Crippen molar-refractivity contribution in [1.82, 2.24) is 0 Å². The van der Waals surface area contributed by atoms with Gasteiger partial charge in [-0.25, -0.2) is 4.79 Å². The Balaban J connectivity index is 1.52. The van der Waals surface area contributed by atoms with Gasteiger partial charge in [0, 0.05) is 0 Å². The van der Waals surface area contributed by atoms with Crippen LogP contribution in [0.25, 0.3) is 6.08 Å². The molecular weight excluding hydrogens is 320 g/mol. The first-order valence-corrected chi connectivity index (χ1v) is 8.06. The van der Waals surface area contributed by atoms with Crippen molar-refractivity contribution in [3.8, 4) is 5.75 Å². The Hall–Kier alpha value is -2.79. The topological polar surface area (TPSA) is 54.0 Å². The van der Waals surface area contributed by atoms with Gasteiger partial charge in [-0.2, -0.15) is 0 Å². The van der Waals surface area contributed by atoms with Gasteiger partial charge in [-0.05, 0) is 29.3 Å². The number of hydrogen-bond donors (Lipinski definition) is 0. The van der Waals surface area contributed by atoms with Gasteiger partial charge in [0.15, 0.2) is 12.2 Å². The van der Waals surface area contributed by atoms with E-state index in [9.17, 15) is 4.79 Å². The van der Waals surface area contributed by atoms with E-state index in [0.29, 0.717) is 6.61 Å². The van der Waals surface area contributed by atoms with E-state index in [1.165, 1.54) is 0 Å². The van der Waals surface area contributed by atoms with E-state index in [2.05, 4.69) is 0 Å². The molecule has 5 nitrogen and oxygen atoms in total. The summed E-state index contributed by atoms with van der Waals surface area (Å²) in [6.07, 6.45) is 2.15. The van der Waals surface area contributed by atoms with E-state index < -0.39 is 18.4 Å². The van der Waals surface area contributed by atoms with Crippen molar-refractivity contribution < 1.29 is 23.7 Å². The highest BCUT2D eigenvalue weighted by molar-refractivity contribution is 5.63. The summed E-state index contributed by atoms with van der Waals surface area (Å²) >= 11 is 0. The van der Waals surface area contributed by atoms with Crippen LogP contribution in [0.4, 0.5) is 4.79 Å². The normalized spacial score (nSPS) is 19.6. The minimum atomic E-state index is -0.666. The number of ether oxygens (including phenoxy) is 4. The molecule has 2 aromatic rings. The first kappa shape index (κ1) is 17.0. The molecule has 0 amide bonds. The van der Waals surface area contributed by atoms with Crippen LogP contribution in [0.2, 0.25) is 0 Å². The molecule has 1 fully saturated rings. The zero-order valence-electron chi connectivity index (χ0n) is 14.0. The van der Waals surface area contributed by atoms with Crippen molar-refractivity contribution in [2.75, 3.05) is 13.7 Å². The first-order valence-electron chi connectivity index (χ1n) is 8.06. The predicted molar refractivity (Wildman–Crippen MR) is 93.3 cm³/mol. The Bertz CT molecular complexity index is 709. The van der Waals surface area contributed by atoms with Crippen molar-refractivity contribution in [2.24, 2.45) is 0 Å². The van der Waals surface area contributed by atoms with Crippen LogP contribution in [-0.2, 0) is 20.8 Å². The molecule has 0 unspecified atom stereocenters. The quantitative estimate of drug-likeness (QED) is 0.717. The maximum Gasteiger partial charge on any atom is 0.509 e. The van der Waals surface area contributed by atoms with Gasteiger partial charge < -0.3 is 18.9 Å². The minimum absolute atomic E-state index is 0.265. The van der Waals surface area contributed by atoms with Crippen LogP contribution in [-0.4, -0.2) is 32.1 Å². The van der Waals surface area contributed by atoms with Gasteiger partial charge in [0.2, 0.25) is 0 Å². The van der Waals surface area contributed by atoms with Gasteiger partial charge >= 0.3 is 6.16 Å². The van der Waals surface area contributed by atoms with E-state index in [0.717, 1.165) is 16.9 Å². The van der Waals surface area contributed by atoms with Crippen LogP contribution in [0, 0.1) is 0 Å². The average molecular weight is 340 g/mol. The zero-order valence-corrected chi connectivity index (χ0v) is 14.0. The summed E-state index contributed by atoms with van der Waals surface area (Å²) in [4.78, 5) is 11.4. The third-order valence-electron chi connectivity index (χ3n) is 3.83. The fourth-order valence-electron chi connectivity index (χ4n) is 2.48. The Morgan fingerprint density at radius 3 is 2.52 bits per heavy atom. The SMILES string of the molecule is COc1ccc(COC[C@@H]2OC(=O)O[C@H]2/C=C\c2ccccc2)cc1. The largest absolute Gasteiger partial charge is 0.509 e. The lowest BCUT2D eigenvalue weighted by Gasteiger charge is -2.13. The van der Waals surface area contributed by atoms with E-state index >= 15 is 0 Å². The van der Waals surface area contributed by atoms with Crippen molar-refractivity contribution in [3.05, 3.63) is 71.8 Å². The zero-order chi connectivity index (χ0) is 17.5. The molecule has 2 aromatic carbocycles. The molecule has 0 bridgehead atoms. The maximum atomic E-state index is 11.4. The van der Waals surface area contributed by atoms with Crippen molar-refractivity contribution >= 4 is 12.2 Å². The lowest BCUT2D eigenvalue weighted by Crippen LogP contribution is -2.26. The molecular formula is C20H20O5. The lowest BCUT2D eigenvalue weighted by molar-refractivity contribution is 0.0306. The molecule has 0 saturated carbocycles. The second-order valence-electron chi connectivity index (χ2n) is 5.62. The van der Waals surface area contributed by atoms with Gasteiger partial charge in [0.25, 0.3) is 0 Å². The Morgan fingerprint density at radius 1 is 1.04 bits per heavy atom. The van der Waals surface area contributed by atoms with Gasteiger partial charge in [-0.15, -0.1) is 0 Å². The Labute approximate surface area is 146 Å². The Morgan fingerprint density at radius 2 is 1.80 bits per heavy atom. The van der Waals surface area contributed by atoms with Crippen LogP contribution >= 0.6 is 0 Å². The summed E-state index contributed by atoms with van der Waals surface area (Å²) in [6, 6.07) is 17.4. The van der Waals surface area contributed by atoms with Crippen LogP contribution in [0.5, 0.6) is 5.75 Å². The van der Waals surface area contributed by atoms with Crippen LogP contribution in [0.1, 0.15) is 11.1 Å². The van der Waals surface area contributed by atoms with Crippen molar-refractivity contribution in [2.45, 2.75) is 18.8 Å². The van der Waals surface area contributed by atoms with Crippen LogP contribution < -0.4 is 4.74 Å². The lowest BCUT2D eigenvalue weighted by atomic mass is 10.1. The molecule has 130 valence electrons. The van der Waals surface area contributed by atoms with Gasteiger partial charge in [-0.1, -0.05) is 48.5 Å². The number of carbonyl (C=O) groups excluding carboxylic acids is 1. The van der Waals surface area contributed by atoms with Gasteiger partial charge in [-0.3, -0.25) is 0 Å². The number of methoxy groups -OCH3 is 1. The summed E-state index contributed by atoms with van der Waals surface area (Å²) in [5, 5.41) is 0. The molecule has 1 aliphatic rings. The van der Waals surface area contributed by atoms with Crippen LogP contribution in [0.15, 0.2) is 60.7 Å². The fourth-order valence-corrected chi connectivity index (χ4v) is 2.48. The van der Waals surface area contributed by atoms with E-state index in [4.69, 9.17) is 18.9 Å². The monoisotopic (exact) mass is 340 g/mol. The molecule has 0 radical (unpaired) electrons. The van der Waals surface area contributed by atoms with E-state index in [-0.39, 0.29) is 6.61 Å². The smallest absolute Gasteiger partial charge is 0.497 e. The van der Waals surface area contributed by atoms with Gasteiger partial charge in [0.1, 0.15) is 5.75 Å². The Kier molecular flexibility index (Phi) is 5.69. The highest BCUT2D eigenvalue weighted by Crippen LogP contribution is 2.19. The molecule has 0 aliphatic carbocycles. The molecule has 25 heavy (non-hydrogen) atoms. The van der Waals surface area contributed by atoms with Crippen LogP contribution in [0.3, 0.4) is 0 Å². The number of benzene rings is 2. The molecule has 1 saturated heterocycles. The molecule has 2 atom stereocenters. The molecule has 3 rings (SSSR count). The molecule has 0 spiro atoms. The maximum absolute atomic E-state index is 11.4. The number of rotatable bonds is 7. The summed E-state index contributed by atoms with van der Waals surface area (Å²) in [5.74, 6) is 0.799. The summed E-state index contributed by atoms with van der Waals surface area (Å²) < 4.78 is 21.2. The van der Waals surface area contributed by atoms with Crippen molar-refractivity contribution in [1.29, 1.82) is 0 Å². The number of cyclic esters (lactones) is 2. The molecule has 0 aromatic heterocycles. The second-order valence-corrected chi connectivity index (χ2v) is 5.62. The third kappa shape index (κ3) is 4.84. The second kappa shape index (κ2) is 8.35. The standard InChI is InChI=1S/C20H20O5/c1-22-17-10-7-16(8-11-17)13-23-14-19-18(24-20(21)25-19)12-9-15-5-3-2-4-6-15/h2-12,18-19H,13-14H2,1H3/b12-9-/t18-,19-/m0/s1. The molecule has 5 heteroatoms. The minimum Gasteiger partial charge on any atom is -0.497 e. The summed E-state index contributed by atoms with van der Waals surface area (Å²) in [5.41, 5.74) is 2.05.